The molecule has 0 fully saturated rings. The number of nitrogen functional groups attached to an aromatic ring is 1. The maximum Gasteiger partial charge on any atom is 0.186 e. The van der Waals surface area contributed by atoms with E-state index in [1.54, 1.807) is 18.2 Å². The third-order valence-electron chi connectivity index (χ3n) is 2.82. The van der Waals surface area contributed by atoms with Crippen molar-refractivity contribution in [3.63, 3.8) is 0 Å². The van der Waals surface area contributed by atoms with Crippen LogP contribution < -0.4 is 5.73 Å². The number of hydrogen-bond acceptors (Lipinski definition) is 2. The van der Waals surface area contributed by atoms with E-state index >= 15 is 0 Å². The van der Waals surface area contributed by atoms with Crippen molar-refractivity contribution in [2.24, 2.45) is 0 Å². The molecular weight excluding hydrogens is 316 g/mol. The van der Waals surface area contributed by atoms with E-state index in [1.807, 2.05) is 0 Å². The lowest BCUT2D eigenvalue weighted by Gasteiger charge is -2.00. The minimum atomic E-state index is -0.950. The summed E-state index contributed by atoms with van der Waals surface area (Å²) in [4.78, 5) is 7.03. The first-order valence-electron chi connectivity index (χ1n) is 5.45. The van der Waals surface area contributed by atoms with E-state index in [4.69, 9.17) is 5.73 Å². The van der Waals surface area contributed by atoms with Crippen LogP contribution in [0.1, 0.15) is 0 Å². The maximum absolute atomic E-state index is 13.6. The summed E-state index contributed by atoms with van der Waals surface area (Å²) in [6.07, 6.45) is 0. The molecule has 3 rings (SSSR count). The van der Waals surface area contributed by atoms with Crippen LogP contribution in [0.5, 0.6) is 0 Å². The summed E-state index contributed by atoms with van der Waals surface area (Å²) < 4.78 is 27.4. The maximum atomic E-state index is 13.6. The number of nitrogens with two attached hydrogens (primary N) is 1. The molecule has 6 heteroatoms. The van der Waals surface area contributed by atoms with Crippen molar-refractivity contribution in [3.8, 4) is 11.4 Å². The Hall–Kier alpha value is -1.95. The Balaban J connectivity index is 2.20. The van der Waals surface area contributed by atoms with Crippen molar-refractivity contribution in [1.82, 2.24) is 9.97 Å². The van der Waals surface area contributed by atoms with Gasteiger partial charge in [0.2, 0.25) is 0 Å². The first-order valence-corrected chi connectivity index (χ1v) is 6.24. The number of nitrogens with one attached hydrogen (secondary N) is 1. The summed E-state index contributed by atoms with van der Waals surface area (Å²) in [5.74, 6) is -1.40. The number of H-pyrrole nitrogens is 1. The number of hydrogen-bond donors (Lipinski definition) is 2. The summed E-state index contributed by atoms with van der Waals surface area (Å²) in [6, 6.07) is 7.76. The van der Waals surface area contributed by atoms with E-state index in [2.05, 4.69) is 25.9 Å². The zero-order valence-corrected chi connectivity index (χ0v) is 11.1. The molecular formula is C13H8BrF2N3. The largest absolute Gasteiger partial charge is 0.398 e. The van der Waals surface area contributed by atoms with E-state index in [1.165, 1.54) is 6.07 Å². The SMILES string of the molecule is Nc1ccc(-c2nc3c(F)c(F)ccc3[nH]2)cc1Br. The lowest BCUT2D eigenvalue weighted by Crippen LogP contribution is -1.87. The van der Waals surface area contributed by atoms with Gasteiger partial charge in [0.1, 0.15) is 11.3 Å². The molecule has 0 bridgehead atoms. The van der Waals surface area contributed by atoms with E-state index in [-0.39, 0.29) is 5.52 Å². The average molecular weight is 324 g/mol. The number of aromatic amines is 1. The Morgan fingerprint density at radius 1 is 1.16 bits per heavy atom. The number of fused-ring (bicyclic) bond motifs is 1. The number of anilines is 1. The van der Waals surface area contributed by atoms with Gasteiger partial charge in [0.25, 0.3) is 0 Å². The number of nitrogens with zero attached hydrogens (tertiary/aromatic N) is 1. The van der Waals surface area contributed by atoms with Crippen LogP contribution in [0.15, 0.2) is 34.8 Å². The molecule has 1 aromatic heterocycles. The zero-order chi connectivity index (χ0) is 13.6. The number of halogens is 3. The van der Waals surface area contributed by atoms with Crippen molar-refractivity contribution >= 4 is 32.7 Å². The number of benzene rings is 2. The highest BCUT2D eigenvalue weighted by molar-refractivity contribution is 9.10. The highest BCUT2D eigenvalue weighted by Crippen LogP contribution is 2.28. The summed E-state index contributed by atoms with van der Waals surface area (Å²) in [5.41, 5.74) is 7.46. The highest BCUT2D eigenvalue weighted by Gasteiger charge is 2.13. The van der Waals surface area contributed by atoms with Crippen LogP contribution in [-0.2, 0) is 0 Å². The fourth-order valence-corrected chi connectivity index (χ4v) is 2.21. The van der Waals surface area contributed by atoms with Crippen molar-refractivity contribution in [3.05, 3.63) is 46.4 Å². The Kier molecular flexibility index (Phi) is 2.74. The van der Waals surface area contributed by atoms with Crippen LogP contribution in [0.25, 0.3) is 22.4 Å². The molecule has 19 heavy (non-hydrogen) atoms. The van der Waals surface area contributed by atoms with Crippen molar-refractivity contribution in [1.29, 1.82) is 0 Å². The van der Waals surface area contributed by atoms with Crippen LogP contribution in [0.3, 0.4) is 0 Å². The van der Waals surface area contributed by atoms with E-state index in [0.29, 0.717) is 17.0 Å². The van der Waals surface area contributed by atoms with Gasteiger partial charge in [-0.25, -0.2) is 13.8 Å². The molecule has 2 aromatic carbocycles. The summed E-state index contributed by atoms with van der Waals surface area (Å²) >= 11 is 3.31. The minimum absolute atomic E-state index is 0.0112. The average Bonchev–Trinajstić information content (AvgIpc) is 2.82. The number of imidazole rings is 1. The summed E-state index contributed by atoms with van der Waals surface area (Å²) in [6.45, 7) is 0. The van der Waals surface area contributed by atoms with Gasteiger partial charge in [-0.3, -0.25) is 0 Å². The Morgan fingerprint density at radius 2 is 1.95 bits per heavy atom. The van der Waals surface area contributed by atoms with Gasteiger partial charge >= 0.3 is 0 Å². The molecule has 0 aliphatic heterocycles. The quantitative estimate of drug-likeness (QED) is 0.668. The van der Waals surface area contributed by atoms with Gasteiger partial charge in [-0.1, -0.05) is 0 Å². The topological polar surface area (TPSA) is 54.7 Å². The lowest BCUT2D eigenvalue weighted by molar-refractivity contribution is 0.515. The van der Waals surface area contributed by atoms with E-state index in [0.717, 1.165) is 16.1 Å². The predicted molar refractivity (Wildman–Crippen MR) is 73.6 cm³/mol. The lowest BCUT2D eigenvalue weighted by atomic mass is 10.2. The predicted octanol–water partition coefficient (Wildman–Crippen LogP) is 3.85. The molecule has 3 N–H and O–H groups in total. The van der Waals surface area contributed by atoms with Crippen LogP contribution in [0.4, 0.5) is 14.5 Å². The molecule has 0 aliphatic rings. The second-order valence-electron chi connectivity index (χ2n) is 4.08. The molecule has 0 aliphatic carbocycles. The van der Waals surface area contributed by atoms with Crippen molar-refractivity contribution < 1.29 is 8.78 Å². The first kappa shape index (κ1) is 12.1. The third kappa shape index (κ3) is 1.98. The summed E-state index contributed by atoms with van der Waals surface area (Å²) in [5, 5.41) is 0. The monoisotopic (exact) mass is 323 g/mol. The molecule has 3 aromatic rings. The molecule has 1 heterocycles. The fraction of sp³-hybridized carbons (Fsp3) is 0. The molecule has 0 atom stereocenters. The van der Waals surface area contributed by atoms with Gasteiger partial charge in [-0.05, 0) is 46.3 Å². The molecule has 0 saturated carbocycles. The normalized spacial score (nSPS) is 11.1. The standard InChI is InChI=1S/C13H8BrF2N3/c14-7-5-6(1-3-9(7)17)13-18-10-4-2-8(15)11(16)12(10)19-13/h1-5H,17H2,(H,18,19). The fourth-order valence-electron chi connectivity index (χ4n) is 1.83. The highest BCUT2D eigenvalue weighted by atomic mass is 79.9. The van der Waals surface area contributed by atoms with Gasteiger partial charge < -0.3 is 10.7 Å². The van der Waals surface area contributed by atoms with Crippen LogP contribution in [0.2, 0.25) is 0 Å². The van der Waals surface area contributed by atoms with Gasteiger partial charge in [0.15, 0.2) is 11.6 Å². The van der Waals surface area contributed by atoms with Crippen LogP contribution in [0, 0.1) is 11.6 Å². The molecule has 96 valence electrons. The Bertz CT molecular complexity index is 783. The van der Waals surface area contributed by atoms with E-state index < -0.39 is 11.6 Å². The van der Waals surface area contributed by atoms with Crippen molar-refractivity contribution in [2.45, 2.75) is 0 Å². The van der Waals surface area contributed by atoms with Gasteiger partial charge in [0.05, 0.1) is 5.52 Å². The van der Waals surface area contributed by atoms with E-state index in [9.17, 15) is 8.78 Å². The zero-order valence-electron chi connectivity index (χ0n) is 9.55. The van der Waals surface area contributed by atoms with Crippen LogP contribution in [-0.4, -0.2) is 9.97 Å². The van der Waals surface area contributed by atoms with Crippen LogP contribution >= 0.6 is 15.9 Å². The number of rotatable bonds is 1. The second kappa shape index (κ2) is 4.31. The Morgan fingerprint density at radius 3 is 2.68 bits per heavy atom. The van der Waals surface area contributed by atoms with Gasteiger partial charge in [0, 0.05) is 15.7 Å². The smallest absolute Gasteiger partial charge is 0.186 e. The van der Waals surface area contributed by atoms with Gasteiger partial charge in [-0.2, -0.15) is 0 Å². The minimum Gasteiger partial charge on any atom is -0.398 e. The first-order chi connectivity index (χ1) is 9.06. The second-order valence-corrected chi connectivity index (χ2v) is 4.93. The molecule has 0 radical (unpaired) electrons. The van der Waals surface area contributed by atoms with Crippen molar-refractivity contribution in [2.75, 3.05) is 5.73 Å². The molecule has 0 spiro atoms. The molecule has 0 amide bonds. The summed E-state index contributed by atoms with van der Waals surface area (Å²) in [7, 11) is 0. The molecule has 3 nitrogen and oxygen atoms in total. The third-order valence-corrected chi connectivity index (χ3v) is 3.51. The number of aromatic nitrogens is 2. The molecule has 0 saturated heterocycles. The van der Waals surface area contributed by atoms with Gasteiger partial charge in [-0.15, -0.1) is 0 Å². The molecule has 0 unspecified atom stereocenters. The Labute approximate surface area is 115 Å².